The highest BCUT2D eigenvalue weighted by Gasteiger charge is 2.01. The monoisotopic (exact) mass is 165 g/mol. The second kappa shape index (κ2) is 4.12. The van der Waals surface area contributed by atoms with E-state index in [1.807, 2.05) is 19.1 Å². The molecule has 2 N–H and O–H groups in total. The molecular formula is C10H15NO. The lowest BCUT2D eigenvalue weighted by molar-refractivity contribution is 0.325. The highest BCUT2D eigenvalue weighted by atomic mass is 16.3. The van der Waals surface area contributed by atoms with Crippen LogP contribution in [0.1, 0.15) is 18.1 Å². The molecule has 0 heterocycles. The first-order valence-corrected chi connectivity index (χ1v) is 4.22. The quantitative estimate of drug-likeness (QED) is 0.671. The molecule has 0 spiro atoms. The molecule has 0 aliphatic carbocycles. The number of para-hydroxylation sites is 1. The molecule has 0 bridgehead atoms. The van der Waals surface area contributed by atoms with Crippen LogP contribution in [-0.2, 0) is 6.42 Å². The van der Waals surface area contributed by atoms with Crippen LogP contribution in [0.25, 0.3) is 0 Å². The summed E-state index contributed by atoms with van der Waals surface area (Å²) in [7, 11) is 0. The van der Waals surface area contributed by atoms with E-state index in [-0.39, 0.29) is 6.73 Å². The van der Waals surface area contributed by atoms with Crippen molar-refractivity contribution in [1.29, 1.82) is 0 Å². The molecule has 0 amide bonds. The van der Waals surface area contributed by atoms with Gasteiger partial charge in [-0.05, 0) is 24.5 Å². The summed E-state index contributed by atoms with van der Waals surface area (Å²) in [5.74, 6) is 0. The van der Waals surface area contributed by atoms with E-state index in [9.17, 15) is 0 Å². The molecule has 0 aliphatic rings. The van der Waals surface area contributed by atoms with Crippen molar-refractivity contribution in [2.24, 2.45) is 0 Å². The van der Waals surface area contributed by atoms with Gasteiger partial charge in [-0.2, -0.15) is 0 Å². The molecule has 0 unspecified atom stereocenters. The molecule has 0 atom stereocenters. The molecule has 2 nitrogen and oxygen atoms in total. The van der Waals surface area contributed by atoms with Gasteiger partial charge in [-0.15, -0.1) is 0 Å². The summed E-state index contributed by atoms with van der Waals surface area (Å²) < 4.78 is 0. The van der Waals surface area contributed by atoms with Crippen LogP contribution in [0, 0.1) is 6.92 Å². The number of aliphatic hydroxyl groups is 1. The van der Waals surface area contributed by atoms with Crippen LogP contribution in [0.5, 0.6) is 0 Å². The van der Waals surface area contributed by atoms with Crippen LogP contribution >= 0.6 is 0 Å². The fraction of sp³-hybridized carbons (Fsp3) is 0.400. The van der Waals surface area contributed by atoms with Gasteiger partial charge < -0.3 is 10.4 Å². The number of anilines is 1. The van der Waals surface area contributed by atoms with Crippen molar-refractivity contribution in [2.75, 3.05) is 12.0 Å². The Labute approximate surface area is 73.2 Å². The van der Waals surface area contributed by atoms with E-state index in [0.717, 1.165) is 12.1 Å². The largest absolute Gasteiger partial charge is 0.377 e. The Bertz CT molecular complexity index is 258. The van der Waals surface area contributed by atoms with Gasteiger partial charge in [0.15, 0.2) is 0 Å². The standard InChI is InChI=1S/C10H15NO/c1-3-9-6-4-5-8(2)10(9)11-7-12/h4-6,11-12H,3,7H2,1-2H3. The zero-order valence-electron chi connectivity index (χ0n) is 7.59. The van der Waals surface area contributed by atoms with E-state index in [1.165, 1.54) is 11.1 Å². The maximum Gasteiger partial charge on any atom is 0.113 e. The van der Waals surface area contributed by atoms with Crippen LogP contribution in [0.4, 0.5) is 5.69 Å². The van der Waals surface area contributed by atoms with E-state index < -0.39 is 0 Å². The second-order valence-electron chi connectivity index (χ2n) is 2.80. The van der Waals surface area contributed by atoms with Gasteiger partial charge in [-0.3, -0.25) is 0 Å². The third kappa shape index (κ3) is 1.77. The number of aryl methyl sites for hydroxylation is 2. The summed E-state index contributed by atoms with van der Waals surface area (Å²) in [6.45, 7) is 4.15. The molecule has 1 aromatic rings. The van der Waals surface area contributed by atoms with Crippen LogP contribution < -0.4 is 5.32 Å². The number of nitrogens with one attached hydrogen (secondary N) is 1. The number of rotatable bonds is 3. The van der Waals surface area contributed by atoms with Crippen molar-refractivity contribution in [3.63, 3.8) is 0 Å². The Balaban J connectivity index is 3.02. The minimum atomic E-state index is -0.00213. The van der Waals surface area contributed by atoms with Gasteiger partial charge in [0.1, 0.15) is 6.73 Å². The van der Waals surface area contributed by atoms with Gasteiger partial charge in [-0.1, -0.05) is 25.1 Å². The first kappa shape index (κ1) is 9.07. The minimum Gasteiger partial charge on any atom is -0.377 e. The van der Waals surface area contributed by atoms with Crippen LogP contribution in [-0.4, -0.2) is 11.8 Å². The van der Waals surface area contributed by atoms with Gasteiger partial charge in [0.05, 0.1) is 0 Å². The smallest absolute Gasteiger partial charge is 0.113 e. The number of hydrogen-bond donors (Lipinski definition) is 2. The first-order chi connectivity index (χ1) is 5.79. The molecule has 1 rings (SSSR count). The molecule has 0 fully saturated rings. The van der Waals surface area contributed by atoms with Crippen molar-refractivity contribution in [3.05, 3.63) is 29.3 Å². The summed E-state index contributed by atoms with van der Waals surface area (Å²) in [5, 5.41) is 11.7. The maximum absolute atomic E-state index is 8.75. The topological polar surface area (TPSA) is 32.3 Å². The van der Waals surface area contributed by atoms with Crippen molar-refractivity contribution >= 4 is 5.69 Å². The highest BCUT2D eigenvalue weighted by molar-refractivity contribution is 5.56. The summed E-state index contributed by atoms with van der Waals surface area (Å²) >= 11 is 0. The molecule has 1 aromatic carbocycles. The Morgan fingerprint density at radius 2 is 2.17 bits per heavy atom. The average molecular weight is 165 g/mol. The van der Waals surface area contributed by atoms with Gasteiger partial charge in [0.2, 0.25) is 0 Å². The van der Waals surface area contributed by atoms with E-state index in [0.29, 0.717) is 0 Å². The number of hydrogen-bond acceptors (Lipinski definition) is 2. The normalized spacial score (nSPS) is 9.92. The molecule has 0 saturated carbocycles. The lowest BCUT2D eigenvalue weighted by Crippen LogP contribution is -2.04. The maximum atomic E-state index is 8.75. The van der Waals surface area contributed by atoms with Crippen molar-refractivity contribution in [2.45, 2.75) is 20.3 Å². The predicted octanol–water partition coefficient (Wildman–Crippen LogP) is 1.92. The van der Waals surface area contributed by atoms with Crippen LogP contribution in [0.3, 0.4) is 0 Å². The fourth-order valence-electron chi connectivity index (χ4n) is 1.36. The predicted molar refractivity (Wildman–Crippen MR) is 51.3 cm³/mol. The summed E-state index contributed by atoms with van der Waals surface area (Å²) in [6, 6.07) is 6.15. The van der Waals surface area contributed by atoms with Gasteiger partial charge >= 0.3 is 0 Å². The van der Waals surface area contributed by atoms with E-state index in [4.69, 9.17) is 5.11 Å². The average Bonchev–Trinajstić information content (AvgIpc) is 2.09. The van der Waals surface area contributed by atoms with Crippen LogP contribution in [0.15, 0.2) is 18.2 Å². The molecule has 12 heavy (non-hydrogen) atoms. The van der Waals surface area contributed by atoms with E-state index >= 15 is 0 Å². The SMILES string of the molecule is CCc1cccc(C)c1NCO. The lowest BCUT2D eigenvalue weighted by atomic mass is 10.1. The Kier molecular flexibility index (Phi) is 3.11. The van der Waals surface area contributed by atoms with Gasteiger partial charge in [-0.25, -0.2) is 0 Å². The molecule has 0 saturated heterocycles. The molecule has 2 heteroatoms. The third-order valence-corrected chi connectivity index (χ3v) is 2.00. The van der Waals surface area contributed by atoms with Crippen molar-refractivity contribution in [1.82, 2.24) is 0 Å². The fourth-order valence-corrected chi connectivity index (χ4v) is 1.36. The number of benzene rings is 1. The first-order valence-electron chi connectivity index (χ1n) is 4.22. The van der Waals surface area contributed by atoms with Crippen LogP contribution in [0.2, 0.25) is 0 Å². The minimum absolute atomic E-state index is 0.00213. The number of aliphatic hydroxyl groups excluding tert-OH is 1. The van der Waals surface area contributed by atoms with Crippen molar-refractivity contribution < 1.29 is 5.11 Å². The molecule has 0 radical (unpaired) electrons. The Morgan fingerprint density at radius 1 is 1.42 bits per heavy atom. The Morgan fingerprint density at radius 3 is 2.75 bits per heavy atom. The Hall–Kier alpha value is -1.02. The van der Waals surface area contributed by atoms with Gasteiger partial charge in [0, 0.05) is 5.69 Å². The highest BCUT2D eigenvalue weighted by Crippen LogP contribution is 2.20. The molecule has 66 valence electrons. The summed E-state index contributed by atoms with van der Waals surface area (Å²) in [4.78, 5) is 0. The van der Waals surface area contributed by atoms with E-state index in [2.05, 4.69) is 18.3 Å². The third-order valence-electron chi connectivity index (χ3n) is 2.00. The molecule has 0 aromatic heterocycles. The zero-order valence-corrected chi connectivity index (χ0v) is 7.59. The zero-order chi connectivity index (χ0) is 8.97. The summed E-state index contributed by atoms with van der Waals surface area (Å²) in [6.07, 6.45) is 0.990. The van der Waals surface area contributed by atoms with Crippen molar-refractivity contribution in [3.8, 4) is 0 Å². The second-order valence-corrected chi connectivity index (χ2v) is 2.80. The van der Waals surface area contributed by atoms with Gasteiger partial charge in [0.25, 0.3) is 0 Å². The van der Waals surface area contributed by atoms with E-state index in [1.54, 1.807) is 0 Å². The summed E-state index contributed by atoms with van der Waals surface area (Å²) in [5.41, 5.74) is 3.51. The molecule has 0 aliphatic heterocycles. The lowest BCUT2D eigenvalue weighted by Gasteiger charge is -2.11. The molecular weight excluding hydrogens is 150 g/mol.